The van der Waals surface area contributed by atoms with Crippen LogP contribution in [0.25, 0.3) is 0 Å². The van der Waals surface area contributed by atoms with Crippen molar-refractivity contribution < 1.29 is 19.1 Å². The predicted octanol–water partition coefficient (Wildman–Crippen LogP) is 4.52. The molecule has 0 spiro atoms. The molecule has 2 amide bonds. The van der Waals surface area contributed by atoms with Crippen LogP contribution in [-0.4, -0.2) is 31.6 Å². The summed E-state index contributed by atoms with van der Waals surface area (Å²) in [6, 6.07) is 12.1. The highest BCUT2D eigenvalue weighted by atomic mass is 35.5. The number of fused-ring (bicyclic) bond motifs is 1. The molecular weight excluding hydrogens is 392 g/mol. The highest BCUT2D eigenvalue weighted by Gasteiger charge is 2.37. The molecule has 6 nitrogen and oxygen atoms in total. The van der Waals surface area contributed by atoms with Crippen molar-refractivity contribution in [3.8, 4) is 11.5 Å². The first kappa shape index (κ1) is 21.0. The molecule has 2 aromatic carbocycles. The lowest BCUT2D eigenvalue weighted by Crippen LogP contribution is -2.42. The number of carbonyl (C=O) groups is 2. The lowest BCUT2D eigenvalue weighted by atomic mass is 9.93. The van der Waals surface area contributed by atoms with E-state index in [9.17, 15) is 9.59 Å². The molecule has 0 saturated heterocycles. The Bertz CT molecular complexity index is 896. The molecule has 29 heavy (non-hydrogen) atoms. The molecule has 1 aliphatic heterocycles. The van der Waals surface area contributed by atoms with Gasteiger partial charge in [-0.1, -0.05) is 18.5 Å². The van der Waals surface area contributed by atoms with Crippen molar-refractivity contribution in [2.24, 2.45) is 5.41 Å². The Balaban J connectivity index is 1.73. The monoisotopic (exact) mass is 416 g/mol. The molecule has 0 unspecified atom stereocenters. The molecule has 0 fully saturated rings. The highest BCUT2D eigenvalue weighted by molar-refractivity contribution is 6.30. The number of amides is 2. The number of ether oxygens (including phenoxy) is 2. The average molecular weight is 417 g/mol. The molecular formula is C22H25ClN2O4. The standard InChI is InChI=1S/C22H25ClN2O4/c1-4-11-25-18-12-16(7-10-19(18)29-14-22(2,3)21(25)27)24-20(26)13-28-17-8-5-15(23)6-9-17/h5-10,12H,4,11,13-14H2,1-3H3,(H,24,26). The first-order chi connectivity index (χ1) is 13.8. The minimum absolute atomic E-state index is 0.00708. The summed E-state index contributed by atoms with van der Waals surface area (Å²) in [6.45, 7) is 6.52. The van der Waals surface area contributed by atoms with Crippen molar-refractivity contribution in [1.29, 1.82) is 0 Å². The zero-order valence-corrected chi connectivity index (χ0v) is 17.6. The number of hydrogen-bond acceptors (Lipinski definition) is 4. The lowest BCUT2D eigenvalue weighted by Gasteiger charge is -2.27. The normalized spacial score (nSPS) is 15.2. The zero-order chi connectivity index (χ0) is 21.0. The van der Waals surface area contributed by atoms with Gasteiger partial charge in [0.15, 0.2) is 6.61 Å². The van der Waals surface area contributed by atoms with Gasteiger partial charge >= 0.3 is 0 Å². The molecule has 0 aromatic heterocycles. The maximum atomic E-state index is 13.0. The molecule has 0 radical (unpaired) electrons. The van der Waals surface area contributed by atoms with Crippen LogP contribution in [-0.2, 0) is 9.59 Å². The van der Waals surface area contributed by atoms with Crippen LogP contribution in [0.4, 0.5) is 11.4 Å². The first-order valence-electron chi connectivity index (χ1n) is 9.57. The molecule has 0 bridgehead atoms. The van der Waals surface area contributed by atoms with Crippen LogP contribution in [0.3, 0.4) is 0 Å². The average Bonchev–Trinajstić information content (AvgIpc) is 2.78. The Kier molecular flexibility index (Phi) is 6.33. The number of nitrogens with zero attached hydrogens (tertiary/aromatic N) is 1. The van der Waals surface area contributed by atoms with Gasteiger partial charge < -0.3 is 19.7 Å². The van der Waals surface area contributed by atoms with E-state index in [4.69, 9.17) is 21.1 Å². The number of rotatable bonds is 6. The number of halogens is 1. The maximum absolute atomic E-state index is 13.0. The fraction of sp³-hybridized carbons (Fsp3) is 0.364. The summed E-state index contributed by atoms with van der Waals surface area (Å²) in [4.78, 5) is 27.0. The number of hydrogen-bond donors (Lipinski definition) is 1. The topological polar surface area (TPSA) is 67.9 Å². The molecule has 3 rings (SSSR count). The minimum atomic E-state index is -0.621. The Morgan fingerprint density at radius 1 is 1.24 bits per heavy atom. The van der Waals surface area contributed by atoms with Crippen LogP contribution in [0.15, 0.2) is 42.5 Å². The van der Waals surface area contributed by atoms with E-state index in [-0.39, 0.29) is 18.4 Å². The number of nitrogens with one attached hydrogen (secondary N) is 1. The fourth-order valence-electron chi connectivity index (χ4n) is 3.05. The van der Waals surface area contributed by atoms with Crippen molar-refractivity contribution in [2.45, 2.75) is 27.2 Å². The third kappa shape index (κ3) is 5.01. The van der Waals surface area contributed by atoms with Crippen molar-refractivity contribution in [2.75, 3.05) is 30.0 Å². The van der Waals surface area contributed by atoms with Gasteiger partial charge in [0.05, 0.1) is 11.1 Å². The van der Waals surface area contributed by atoms with Crippen LogP contribution < -0.4 is 19.7 Å². The summed E-state index contributed by atoms with van der Waals surface area (Å²) in [7, 11) is 0. The minimum Gasteiger partial charge on any atom is -0.490 e. The SMILES string of the molecule is CCCN1C(=O)C(C)(C)COc2ccc(NC(=O)COc3ccc(Cl)cc3)cc21. The molecule has 1 heterocycles. The summed E-state index contributed by atoms with van der Waals surface area (Å²) in [6.07, 6.45) is 0.812. The second-order valence-electron chi connectivity index (χ2n) is 7.60. The Morgan fingerprint density at radius 2 is 1.97 bits per heavy atom. The van der Waals surface area contributed by atoms with Gasteiger partial charge in [-0.25, -0.2) is 0 Å². The third-order valence-electron chi connectivity index (χ3n) is 4.58. The largest absolute Gasteiger partial charge is 0.490 e. The van der Waals surface area contributed by atoms with E-state index >= 15 is 0 Å². The van der Waals surface area contributed by atoms with E-state index in [0.717, 1.165) is 6.42 Å². The van der Waals surface area contributed by atoms with Gasteiger partial charge in [-0.15, -0.1) is 0 Å². The molecule has 0 aliphatic carbocycles. The van der Waals surface area contributed by atoms with Crippen molar-refractivity contribution in [1.82, 2.24) is 0 Å². The van der Waals surface area contributed by atoms with Gasteiger partial charge in [0.2, 0.25) is 5.91 Å². The summed E-state index contributed by atoms with van der Waals surface area (Å²) >= 11 is 5.84. The van der Waals surface area contributed by atoms with Gasteiger partial charge in [0.25, 0.3) is 5.91 Å². The van der Waals surface area contributed by atoms with Crippen LogP contribution in [0.5, 0.6) is 11.5 Å². The summed E-state index contributed by atoms with van der Waals surface area (Å²) in [5.74, 6) is 0.894. The number of anilines is 2. The van der Waals surface area contributed by atoms with E-state index in [1.807, 2.05) is 20.8 Å². The van der Waals surface area contributed by atoms with Gasteiger partial charge in [-0.05, 0) is 62.7 Å². The third-order valence-corrected chi connectivity index (χ3v) is 4.83. The van der Waals surface area contributed by atoms with Crippen LogP contribution in [0, 0.1) is 5.41 Å². The zero-order valence-electron chi connectivity index (χ0n) is 16.8. The van der Waals surface area contributed by atoms with E-state index in [0.29, 0.717) is 41.0 Å². The van der Waals surface area contributed by atoms with Crippen LogP contribution in [0.1, 0.15) is 27.2 Å². The second kappa shape index (κ2) is 8.74. The van der Waals surface area contributed by atoms with Crippen molar-refractivity contribution in [3.63, 3.8) is 0 Å². The quantitative estimate of drug-likeness (QED) is 0.751. The highest BCUT2D eigenvalue weighted by Crippen LogP contribution is 2.38. The van der Waals surface area contributed by atoms with Crippen molar-refractivity contribution in [3.05, 3.63) is 47.5 Å². The van der Waals surface area contributed by atoms with Crippen molar-refractivity contribution >= 4 is 34.8 Å². The Labute approximate surface area is 175 Å². The molecule has 2 aromatic rings. The Hall–Kier alpha value is -2.73. The molecule has 154 valence electrons. The van der Waals surface area contributed by atoms with Gasteiger partial charge in [-0.3, -0.25) is 9.59 Å². The molecule has 1 aliphatic rings. The molecule has 0 saturated carbocycles. The van der Waals surface area contributed by atoms with E-state index in [1.165, 1.54) is 0 Å². The molecule has 0 atom stereocenters. The van der Waals surface area contributed by atoms with Gasteiger partial charge in [-0.2, -0.15) is 0 Å². The number of benzene rings is 2. The smallest absolute Gasteiger partial charge is 0.262 e. The predicted molar refractivity (Wildman–Crippen MR) is 114 cm³/mol. The van der Waals surface area contributed by atoms with Gasteiger partial charge in [0.1, 0.15) is 18.1 Å². The summed E-state index contributed by atoms with van der Waals surface area (Å²) < 4.78 is 11.3. The lowest BCUT2D eigenvalue weighted by molar-refractivity contribution is -0.127. The van der Waals surface area contributed by atoms with E-state index in [2.05, 4.69) is 5.32 Å². The van der Waals surface area contributed by atoms with E-state index in [1.54, 1.807) is 47.4 Å². The second-order valence-corrected chi connectivity index (χ2v) is 8.04. The first-order valence-corrected chi connectivity index (χ1v) is 9.95. The van der Waals surface area contributed by atoms with Crippen LogP contribution in [0.2, 0.25) is 5.02 Å². The fourth-order valence-corrected chi connectivity index (χ4v) is 3.17. The Morgan fingerprint density at radius 3 is 2.66 bits per heavy atom. The van der Waals surface area contributed by atoms with Crippen LogP contribution >= 0.6 is 11.6 Å². The number of carbonyl (C=O) groups excluding carboxylic acids is 2. The summed E-state index contributed by atoms with van der Waals surface area (Å²) in [5, 5.41) is 3.41. The molecule has 1 N–H and O–H groups in total. The van der Waals surface area contributed by atoms with Gasteiger partial charge in [0, 0.05) is 17.3 Å². The molecule has 7 heteroatoms. The maximum Gasteiger partial charge on any atom is 0.262 e. The van der Waals surface area contributed by atoms with E-state index < -0.39 is 5.41 Å². The summed E-state index contributed by atoms with van der Waals surface area (Å²) in [5.41, 5.74) is 0.619.